The van der Waals surface area contributed by atoms with Gasteiger partial charge in [0.2, 0.25) is 0 Å². The summed E-state index contributed by atoms with van der Waals surface area (Å²) in [4.78, 5) is 25.2. The molecular weight excluding hydrogens is 344 g/mol. The van der Waals surface area contributed by atoms with Crippen LogP contribution < -0.4 is 9.64 Å². The molecule has 0 bridgehead atoms. The average Bonchev–Trinajstić information content (AvgIpc) is 2.75. The quantitative estimate of drug-likeness (QED) is 0.822. The molecule has 3 heterocycles. The minimum atomic E-state index is -0.0716. The Labute approximate surface area is 158 Å². The zero-order valence-electron chi connectivity index (χ0n) is 15.3. The van der Waals surface area contributed by atoms with Gasteiger partial charge >= 0.3 is 6.01 Å². The number of rotatable bonds is 4. The Hall–Kier alpha value is -2.67. The Morgan fingerprint density at radius 2 is 1.81 bits per heavy atom. The first-order valence-corrected chi connectivity index (χ1v) is 9.45. The lowest BCUT2D eigenvalue weighted by Gasteiger charge is -2.32. The first-order chi connectivity index (χ1) is 13.3. The van der Waals surface area contributed by atoms with Crippen LogP contribution in [-0.4, -0.2) is 66.3 Å². The number of piperidine rings is 1. The third kappa shape index (κ3) is 4.36. The molecule has 4 rings (SSSR count). The molecule has 0 aliphatic carbocycles. The highest BCUT2D eigenvalue weighted by Gasteiger charge is 2.26. The number of carbonyl (C=O) groups excluding carboxylic acids is 1. The fourth-order valence-electron chi connectivity index (χ4n) is 3.53. The second-order valence-corrected chi connectivity index (χ2v) is 6.81. The van der Waals surface area contributed by atoms with Gasteiger partial charge in [-0.2, -0.15) is 0 Å². The molecule has 1 unspecified atom stereocenters. The lowest BCUT2D eigenvalue weighted by molar-refractivity contribution is 0.0516. The molecule has 2 aliphatic rings. The number of ether oxygens (including phenoxy) is 2. The maximum Gasteiger partial charge on any atom is 0.316 e. The fraction of sp³-hybridized carbons (Fsp3) is 0.450. The van der Waals surface area contributed by atoms with Crippen LogP contribution in [0.1, 0.15) is 23.2 Å². The van der Waals surface area contributed by atoms with E-state index in [-0.39, 0.29) is 12.0 Å². The van der Waals surface area contributed by atoms with E-state index in [2.05, 4.69) is 14.9 Å². The predicted octanol–water partition coefficient (Wildman–Crippen LogP) is 2.00. The minimum Gasteiger partial charge on any atom is -0.458 e. The van der Waals surface area contributed by atoms with Crippen LogP contribution in [0.2, 0.25) is 0 Å². The van der Waals surface area contributed by atoms with Gasteiger partial charge in [-0.1, -0.05) is 0 Å². The first-order valence-electron chi connectivity index (χ1n) is 9.45. The second kappa shape index (κ2) is 8.35. The molecule has 2 aliphatic heterocycles. The summed E-state index contributed by atoms with van der Waals surface area (Å²) in [5, 5.41) is 0. The molecule has 1 amide bonds. The van der Waals surface area contributed by atoms with Gasteiger partial charge in [-0.05, 0) is 43.2 Å². The van der Waals surface area contributed by atoms with E-state index in [4.69, 9.17) is 9.47 Å². The van der Waals surface area contributed by atoms with Gasteiger partial charge in [0.05, 0.1) is 19.8 Å². The largest absolute Gasteiger partial charge is 0.458 e. The molecule has 2 saturated heterocycles. The lowest BCUT2D eigenvalue weighted by atomic mass is 10.1. The highest BCUT2D eigenvalue weighted by Crippen LogP contribution is 2.20. The van der Waals surface area contributed by atoms with Crippen molar-refractivity contribution >= 4 is 11.6 Å². The van der Waals surface area contributed by atoms with Crippen molar-refractivity contribution < 1.29 is 14.3 Å². The number of benzene rings is 1. The van der Waals surface area contributed by atoms with Crippen LogP contribution in [0, 0.1) is 0 Å². The number of amides is 1. The molecule has 27 heavy (non-hydrogen) atoms. The number of carbonyl (C=O) groups is 1. The molecule has 0 radical (unpaired) electrons. The fourth-order valence-corrected chi connectivity index (χ4v) is 3.53. The van der Waals surface area contributed by atoms with Crippen molar-refractivity contribution in [2.45, 2.75) is 18.9 Å². The average molecular weight is 368 g/mol. The number of morpholine rings is 1. The van der Waals surface area contributed by atoms with Crippen LogP contribution in [0.3, 0.4) is 0 Å². The summed E-state index contributed by atoms with van der Waals surface area (Å²) in [5.74, 6) is 0.0470. The molecule has 0 spiro atoms. The van der Waals surface area contributed by atoms with Gasteiger partial charge in [-0.15, -0.1) is 0 Å². The second-order valence-electron chi connectivity index (χ2n) is 6.81. The SMILES string of the molecule is O=C(c1ccc(N2CCOCC2)cc1)N1CCCC(Oc2ncccn2)C1. The number of aromatic nitrogens is 2. The number of anilines is 1. The first kappa shape index (κ1) is 17.7. The number of hydrogen-bond donors (Lipinski definition) is 0. The van der Waals surface area contributed by atoms with Gasteiger partial charge in [-0.25, -0.2) is 9.97 Å². The van der Waals surface area contributed by atoms with Gasteiger partial charge in [0.25, 0.3) is 5.91 Å². The summed E-state index contributed by atoms with van der Waals surface area (Å²) in [5.41, 5.74) is 1.85. The zero-order chi connectivity index (χ0) is 18.5. The van der Waals surface area contributed by atoms with E-state index in [0.717, 1.165) is 51.4 Å². The van der Waals surface area contributed by atoms with E-state index in [1.807, 2.05) is 29.2 Å². The predicted molar refractivity (Wildman–Crippen MR) is 101 cm³/mol. The van der Waals surface area contributed by atoms with E-state index in [1.165, 1.54) is 0 Å². The van der Waals surface area contributed by atoms with Crippen molar-refractivity contribution in [1.82, 2.24) is 14.9 Å². The van der Waals surface area contributed by atoms with Gasteiger partial charge in [0.1, 0.15) is 6.10 Å². The third-order valence-corrected chi connectivity index (χ3v) is 4.97. The van der Waals surface area contributed by atoms with Gasteiger partial charge in [-0.3, -0.25) is 4.79 Å². The number of likely N-dealkylation sites (tertiary alicyclic amines) is 1. The van der Waals surface area contributed by atoms with Crippen molar-refractivity contribution in [2.75, 3.05) is 44.3 Å². The zero-order valence-corrected chi connectivity index (χ0v) is 15.3. The maximum absolute atomic E-state index is 12.9. The van der Waals surface area contributed by atoms with Crippen molar-refractivity contribution in [3.05, 3.63) is 48.3 Å². The maximum atomic E-state index is 12.9. The highest BCUT2D eigenvalue weighted by atomic mass is 16.5. The lowest BCUT2D eigenvalue weighted by Crippen LogP contribution is -2.44. The molecule has 0 saturated carbocycles. The number of hydrogen-bond acceptors (Lipinski definition) is 6. The van der Waals surface area contributed by atoms with Crippen LogP contribution in [0.4, 0.5) is 5.69 Å². The Morgan fingerprint density at radius 3 is 2.56 bits per heavy atom. The van der Waals surface area contributed by atoms with E-state index in [9.17, 15) is 4.79 Å². The van der Waals surface area contributed by atoms with E-state index >= 15 is 0 Å². The van der Waals surface area contributed by atoms with E-state index in [1.54, 1.807) is 18.5 Å². The molecule has 1 atom stereocenters. The number of nitrogens with zero attached hydrogens (tertiary/aromatic N) is 4. The smallest absolute Gasteiger partial charge is 0.316 e. The standard InChI is InChI=1S/C20H24N4O3/c25-19(16-4-6-17(7-5-16)23-11-13-26-14-12-23)24-10-1-3-18(15-24)27-20-21-8-2-9-22-20/h2,4-9,18H,1,3,10-15H2. The van der Waals surface area contributed by atoms with Crippen molar-refractivity contribution in [2.24, 2.45) is 0 Å². The Balaban J connectivity index is 1.38. The van der Waals surface area contributed by atoms with Crippen LogP contribution in [0.25, 0.3) is 0 Å². The van der Waals surface area contributed by atoms with Crippen molar-refractivity contribution in [3.63, 3.8) is 0 Å². The molecule has 1 aromatic carbocycles. The molecule has 7 heteroatoms. The van der Waals surface area contributed by atoms with E-state index in [0.29, 0.717) is 18.1 Å². The van der Waals surface area contributed by atoms with Gasteiger partial charge in [0.15, 0.2) is 0 Å². The normalized spacial score (nSPS) is 20.4. The van der Waals surface area contributed by atoms with Crippen LogP contribution >= 0.6 is 0 Å². The third-order valence-electron chi connectivity index (χ3n) is 4.97. The molecule has 142 valence electrons. The molecule has 0 N–H and O–H groups in total. The Morgan fingerprint density at radius 1 is 1.07 bits per heavy atom. The molecule has 2 fully saturated rings. The topological polar surface area (TPSA) is 67.8 Å². The molecule has 2 aromatic rings. The van der Waals surface area contributed by atoms with Gasteiger partial charge in [0, 0.05) is 43.3 Å². The van der Waals surface area contributed by atoms with Crippen LogP contribution in [0.5, 0.6) is 6.01 Å². The Bertz CT molecular complexity index is 748. The summed E-state index contributed by atoms with van der Waals surface area (Å²) in [6, 6.07) is 9.99. The summed E-state index contributed by atoms with van der Waals surface area (Å²) < 4.78 is 11.2. The van der Waals surface area contributed by atoms with Crippen molar-refractivity contribution in [1.29, 1.82) is 0 Å². The summed E-state index contributed by atoms with van der Waals surface area (Å²) in [6.07, 6.45) is 5.05. The molecule has 1 aromatic heterocycles. The molecular formula is C20H24N4O3. The summed E-state index contributed by atoms with van der Waals surface area (Å²) in [7, 11) is 0. The summed E-state index contributed by atoms with van der Waals surface area (Å²) >= 11 is 0. The van der Waals surface area contributed by atoms with Crippen molar-refractivity contribution in [3.8, 4) is 6.01 Å². The minimum absolute atomic E-state index is 0.0470. The van der Waals surface area contributed by atoms with E-state index < -0.39 is 0 Å². The van der Waals surface area contributed by atoms with Crippen LogP contribution in [0.15, 0.2) is 42.7 Å². The van der Waals surface area contributed by atoms with Gasteiger partial charge < -0.3 is 19.3 Å². The Kier molecular flexibility index (Phi) is 5.48. The highest BCUT2D eigenvalue weighted by molar-refractivity contribution is 5.94. The summed E-state index contributed by atoms with van der Waals surface area (Å²) in [6.45, 7) is 4.59. The molecule has 7 nitrogen and oxygen atoms in total. The monoisotopic (exact) mass is 368 g/mol. The van der Waals surface area contributed by atoms with Crippen LogP contribution in [-0.2, 0) is 4.74 Å².